The Kier molecular flexibility index (Phi) is 7.61. The third kappa shape index (κ3) is 4.57. The Bertz CT molecular complexity index is 1090. The summed E-state index contributed by atoms with van der Waals surface area (Å²) in [6, 6.07) is 0. The summed E-state index contributed by atoms with van der Waals surface area (Å²) < 4.78 is 17.3. The molecule has 11 unspecified atom stereocenters. The minimum atomic E-state index is -0.439. The predicted molar refractivity (Wildman–Crippen MR) is 160 cm³/mol. The van der Waals surface area contributed by atoms with E-state index < -0.39 is 5.41 Å². The van der Waals surface area contributed by atoms with Crippen LogP contribution < -0.4 is 0 Å². The van der Waals surface area contributed by atoms with E-state index in [2.05, 4.69) is 13.8 Å². The number of hydrogen-bond donors (Lipinski definition) is 0. The monoisotopic (exact) mass is 584 g/mol. The Morgan fingerprint density at radius 2 is 1.50 bits per heavy atom. The van der Waals surface area contributed by atoms with Gasteiger partial charge in [-0.25, -0.2) is 0 Å². The molecule has 7 fully saturated rings. The van der Waals surface area contributed by atoms with Gasteiger partial charge in [-0.15, -0.1) is 0 Å². The van der Waals surface area contributed by atoms with Gasteiger partial charge in [0.05, 0.1) is 22.9 Å². The zero-order chi connectivity index (χ0) is 30.2. The molecule has 0 aromatic heterocycles. The van der Waals surface area contributed by atoms with Crippen molar-refractivity contribution in [2.45, 2.75) is 137 Å². The van der Waals surface area contributed by atoms with E-state index in [1.165, 1.54) is 25.7 Å². The van der Waals surface area contributed by atoms with Gasteiger partial charge in [0.15, 0.2) is 0 Å². The van der Waals surface area contributed by atoms with Crippen molar-refractivity contribution in [2.24, 2.45) is 63.6 Å². The first kappa shape index (κ1) is 30.4. The van der Waals surface area contributed by atoms with Gasteiger partial charge in [0.25, 0.3) is 0 Å². The first-order valence-corrected chi connectivity index (χ1v) is 17.4. The number of hydrogen-bond acceptors (Lipinski definition) is 6. The maximum absolute atomic E-state index is 12.7. The summed E-state index contributed by atoms with van der Waals surface area (Å²) in [5, 5.41) is 0. The van der Waals surface area contributed by atoms with Crippen LogP contribution in [0.25, 0.3) is 0 Å². The van der Waals surface area contributed by atoms with Crippen LogP contribution in [-0.4, -0.2) is 36.2 Å². The van der Waals surface area contributed by atoms with E-state index >= 15 is 0 Å². The topological polar surface area (TPSA) is 78.9 Å². The van der Waals surface area contributed by atoms with Gasteiger partial charge in [0, 0.05) is 11.8 Å². The minimum absolute atomic E-state index is 0.0455. The first-order chi connectivity index (χ1) is 19.8. The van der Waals surface area contributed by atoms with Crippen molar-refractivity contribution in [3.8, 4) is 0 Å². The van der Waals surface area contributed by atoms with Gasteiger partial charge in [-0.1, -0.05) is 20.8 Å². The third-order valence-corrected chi connectivity index (χ3v) is 14.1. The van der Waals surface area contributed by atoms with Crippen LogP contribution in [0, 0.1) is 63.6 Å². The number of fused-ring (bicyclic) bond motifs is 12. The number of carbonyl (C=O) groups excluding carboxylic acids is 3. The van der Waals surface area contributed by atoms with Gasteiger partial charge in [0.1, 0.15) is 11.7 Å². The highest BCUT2D eigenvalue weighted by atomic mass is 16.6. The second-order valence-electron chi connectivity index (χ2n) is 16.7. The number of rotatable bonds is 7. The van der Waals surface area contributed by atoms with Crippen molar-refractivity contribution in [1.82, 2.24) is 0 Å². The van der Waals surface area contributed by atoms with Crippen LogP contribution in [0.3, 0.4) is 0 Å². The molecule has 11 atom stereocenters. The summed E-state index contributed by atoms with van der Waals surface area (Å²) in [5.41, 5.74) is -1.24. The van der Waals surface area contributed by atoms with Crippen LogP contribution >= 0.6 is 0 Å². The SMILES string of the molecule is CCC(C)(C)C(=O)OC1(CC)CC2CC1C1C3CCC(C3)C21.CCC(C)(C)C(=O)OC1CC2CC1C1(CCOC1=O)C2. The van der Waals surface area contributed by atoms with Crippen LogP contribution in [0.5, 0.6) is 0 Å². The smallest absolute Gasteiger partial charge is 0.312 e. The van der Waals surface area contributed by atoms with Gasteiger partial charge < -0.3 is 14.2 Å². The van der Waals surface area contributed by atoms with Gasteiger partial charge in [-0.3, -0.25) is 14.4 Å². The highest BCUT2D eigenvalue weighted by Crippen LogP contribution is 2.71. The van der Waals surface area contributed by atoms with Crippen molar-refractivity contribution in [3.63, 3.8) is 0 Å². The molecule has 0 N–H and O–H groups in total. The van der Waals surface area contributed by atoms with E-state index in [1.807, 2.05) is 34.6 Å². The number of esters is 3. The average Bonchev–Trinajstić information content (AvgIpc) is 3.81. The van der Waals surface area contributed by atoms with Crippen molar-refractivity contribution in [3.05, 3.63) is 0 Å². The summed E-state index contributed by atoms with van der Waals surface area (Å²) in [7, 11) is 0. The molecule has 6 aliphatic carbocycles. The van der Waals surface area contributed by atoms with Gasteiger partial charge >= 0.3 is 17.9 Å². The lowest BCUT2D eigenvalue weighted by Gasteiger charge is -2.46. The maximum Gasteiger partial charge on any atom is 0.312 e. The van der Waals surface area contributed by atoms with Crippen molar-refractivity contribution >= 4 is 17.9 Å². The van der Waals surface area contributed by atoms with Crippen LogP contribution in [0.1, 0.15) is 126 Å². The molecule has 7 aliphatic rings. The van der Waals surface area contributed by atoms with Crippen molar-refractivity contribution < 1.29 is 28.6 Å². The van der Waals surface area contributed by atoms with Crippen molar-refractivity contribution in [1.29, 1.82) is 0 Å². The largest absolute Gasteiger partial charge is 0.465 e. The molecule has 1 saturated heterocycles. The van der Waals surface area contributed by atoms with Crippen LogP contribution in [0.4, 0.5) is 0 Å². The molecule has 1 heterocycles. The zero-order valence-corrected chi connectivity index (χ0v) is 27.3. The predicted octanol–water partition coefficient (Wildman–Crippen LogP) is 7.51. The molecular weight excluding hydrogens is 528 g/mol. The quantitative estimate of drug-likeness (QED) is 0.175. The van der Waals surface area contributed by atoms with E-state index in [0.29, 0.717) is 18.4 Å². The van der Waals surface area contributed by atoms with Crippen molar-refractivity contribution in [2.75, 3.05) is 6.61 Å². The van der Waals surface area contributed by atoms with E-state index in [1.54, 1.807) is 0 Å². The minimum Gasteiger partial charge on any atom is -0.465 e. The molecule has 0 aromatic rings. The summed E-state index contributed by atoms with van der Waals surface area (Å²) in [5.74, 6) is 5.92. The molecule has 6 bridgehead atoms. The highest BCUT2D eigenvalue weighted by molar-refractivity contribution is 5.80. The third-order valence-electron chi connectivity index (χ3n) is 14.1. The Labute approximate surface area is 253 Å². The van der Waals surface area contributed by atoms with Crippen LogP contribution in [0.2, 0.25) is 0 Å². The number of carbonyl (C=O) groups is 3. The Morgan fingerprint density at radius 3 is 2.10 bits per heavy atom. The molecule has 1 spiro atoms. The lowest BCUT2D eigenvalue weighted by molar-refractivity contribution is -0.183. The van der Waals surface area contributed by atoms with Crippen LogP contribution in [-0.2, 0) is 28.6 Å². The fraction of sp³-hybridized carbons (Fsp3) is 0.917. The van der Waals surface area contributed by atoms with E-state index in [9.17, 15) is 14.4 Å². The molecule has 0 radical (unpaired) electrons. The maximum atomic E-state index is 12.7. The second-order valence-corrected chi connectivity index (χ2v) is 16.7. The molecule has 42 heavy (non-hydrogen) atoms. The zero-order valence-electron chi connectivity index (χ0n) is 27.3. The van der Waals surface area contributed by atoms with E-state index in [4.69, 9.17) is 14.2 Å². The Morgan fingerprint density at radius 1 is 0.833 bits per heavy atom. The molecule has 1 aliphatic heterocycles. The summed E-state index contributed by atoms with van der Waals surface area (Å²) in [6.07, 6.45) is 13.1. The van der Waals surface area contributed by atoms with Crippen LogP contribution in [0.15, 0.2) is 0 Å². The Balaban J connectivity index is 0.000000151. The summed E-state index contributed by atoms with van der Waals surface area (Å²) in [4.78, 5) is 37.1. The average molecular weight is 585 g/mol. The first-order valence-electron chi connectivity index (χ1n) is 17.4. The molecular formula is C36H56O6. The lowest BCUT2D eigenvalue weighted by Crippen LogP contribution is -2.49. The van der Waals surface area contributed by atoms with Gasteiger partial charge in [-0.2, -0.15) is 0 Å². The molecule has 0 amide bonds. The fourth-order valence-electron chi connectivity index (χ4n) is 10.9. The standard InChI is InChI=1S/C20H32O2.C16H24O4/c1-5-19(3,4)18(21)22-20(6-2)11-14-10-15(20)17-13-8-7-12(9-13)16(14)17;1-4-15(2,3)13(17)20-12-8-10-7-11(12)16(9-10)5-6-19-14(16)18/h12-17H,5-11H2,1-4H3;10-12H,4-9H2,1-3H3. The molecule has 6 heteroatoms. The molecule has 0 aromatic carbocycles. The fourth-order valence-corrected chi connectivity index (χ4v) is 10.9. The second kappa shape index (κ2) is 10.5. The Hall–Kier alpha value is -1.59. The van der Waals surface area contributed by atoms with E-state index in [-0.39, 0.29) is 46.4 Å². The lowest BCUT2D eigenvalue weighted by atomic mass is 9.65. The van der Waals surface area contributed by atoms with Gasteiger partial charge in [0.2, 0.25) is 0 Å². The number of ether oxygens (including phenoxy) is 3. The molecule has 7 rings (SSSR count). The van der Waals surface area contributed by atoms with Gasteiger partial charge in [-0.05, 0) is 140 Å². The summed E-state index contributed by atoms with van der Waals surface area (Å²) >= 11 is 0. The summed E-state index contributed by atoms with van der Waals surface area (Å²) in [6.45, 7) is 14.8. The highest BCUT2D eigenvalue weighted by Gasteiger charge is 2.68. The molecule has 6 nitrogen and oxygen atoms in total. The molecule has 236 valence electrons. The number of cyclic esters (lactones) is 1. The normalized spacial score (nSPS) is 44.3. The molecule has 6 saturated carbocycles. The van der Waals surface area contributed by atoms with E-state index in [0.717, 1.165) is 81.0 Å².